The molecule has 2 rings (SSSR count). The maximum Gasteiger partial charge on any atom is 0.307 e. The first kappa shape index (κ1) is 21.1. The van der Waals surface area contributed by atoms with Gasteiger partial charge in [0.25, 0.3) is 5.91 Å². The maximum atomic E-state index is 13.1. The second-order valence-electron chi connectivity index (χ2n) is 7.48. The molecular weight excluding hydrogens is 366 g/mol. The zero-order chi connectivity index (χ0) is 20.2. The van der Waals surface area contributed by atoms with Gasteiger partial charge in [-0.05, 0) is 31.6 Å². The van der Waals surface area contributed by atoms with Crippen molar-refractivity contribution in [2.24, 2.45) is 7.05 Å². The van der Waals surface area contributed by atoms with E-state index in [1.165, 1.54) is 0 Å². The number of hydrogen-bond donors (Lipinski definition) is 1. The van der Waals surface area contributed by atoms with Crippen LogP contribution in [0.1, 0.15) is 56.7 Å². The van der Waals surface area contributed by atoms with Gasteiger partial charge in [0.15, 0.2) is 5.11 Å². The molecule has 1 aromatic rings. The van der Waals surface area contributed by atoms with Crippen LogP contribution < -0.4 is 5.32 Å². The summed E-state index contributed by atoms with van der Waals surface area (Å²) in [5.74, 6) is -0.403. The van der Waals surface area contributed by atoms with Crippen molar-refractivity contribution in [3.05, 3.63) is 17.5 Å². The normalized spacial score (nSPS) is 14.4. The van der Waals surface area contributed by atoms with Crippen LogP contribution in [0, 0.1) is 0 Å². The van der Waals surface area contributed by atoms with E-state index < -0.39 is 0 Å². The van der Waals surface area contributed by atoms with Crippen molar-refractivity contribution in [2.45, 2.75) is 46.0 Å². The molecule has 0 radical (unpaired) electrons. The molecule has 0 saturated carbocycles. The van der Waals surface area contributed by atoms with Crippen molar-refractivity contribution in [1.29, 1.82) is 0 Å². The number of thiocarbonyl (C=S) groups is 1. The minimum atomic E-state index is -0.272. The summed E-state index contributed by atoms with van der Waals surface area (Å²) in [5, 5.41) is 11.3. The molecule has 27 heavy (non-hydrogen) atoms. The zero-order valence-electron chi connectivity index (χ0n) is 16.7. The molecule has 1 N–H and O–H groups in total. The molecule has 8 nitrogen and oxygen atoms in total. The Balaban J connectivity index is 2.03. The Morgan fingerprint density at radius 2 is 1.96 bits per heavy atom. The molecule has 0 unspecified atom stereocenters. The number of carbonyl (C=O) groups excluding carboxylic acids is 2. The Bertz CT molecular complexity index is 710. The first-order valence-electron chi connectivity index (χ1n) is 9.22. The summed E-state index contributed by atoms with van der Waals surface area (Å²) in [4.78, 5) is 24.5. The van der Waals surface area contributed by atoms with Crippen LogP contribution in [0.25, 0.3) is 0 Å². The molecular formula is C18H29N5O3S. The number of amides is 1. The van der Waals surface area contributed by atoms with Gasteiger partial charge in [-0.15, -0.1) is 0 Å². The minimum Gasteiger partial charge on any atom is -0.466 e. The molecule has 0 aliphatic carbocycles. The van der Waals surface area contributed by atoms with Gasteiger partial charge in [0.05, 0.1) is 18.7 Å². The van der Waals surface area contributed by atoms with Crippen molar-refractivity contribution in [3.63, 3.8) is 0 Å². The number of hydrogen-bond acceptors (Lipinski definition) is 5. The summed E-state index contributed by atoms with van der Waals surface area (Å²) >= 11 is 5.42. The largest absolute Gasteiger partial charge is 0.466 e. The van der Waals surface area contributed by atoms with E-state index in [0.29, 0.717) is 37.0 Å². The fourth-order valence-electron chi connectivity index (χ4n) is 2.80. The zero-order valence-corrected chi connectivity index (χ0v) is 17.6. The summed E-state index contributed by atoms with van der Waals surface area (Å²) in [6.07, 6.45) is 1.06. The average Bonchev–Trinajstić information content (AvgIpc) is 3.20. The van der Waals surface area contributed by atoms with Gasteiger partial charge in [-0.1, -0.05) is 20.8 Å². The fraction of sp³-hybridized carbons (Fsp3) is 0.667. The molecule has 2 heterocycles. The number of carbonyl (C=O) groups is 2. The fourth-order valence-corrected chi connectivity index (χ4v) is 3.09. The maximum absolute atomic E-state index is 13.1. The molecule has 1 fully saturated rings. The van der Waals surface area contributed by atoms with E-state index in [1.54, 1.807) is 28.7 Å². The lowest BCUT2D eigenvalue weighted by Crippen LogP contribution is -2.49. The van der Waals surface area contributed by atoms with Gasteiger partial charge >= 0.3 is 5.97 Å². The lowest BCUT2D eigenvalue weighted by Gasteiger charge is -2.30. The van der Waals surface area contributed by atoms with Crippen LogP contribution in [0.2, 0.25) is 0 Å². The molecule has 1 aliphatic rings. The standard InChI is InChI=1S/C18H29N5O3S/c1-6-26-15(24)8-9-19-17(27)23-11-7-10-22(23)16(25)13-12-14(18(2,3)4)20-21(13)5/h12H,6-11H2,1-5H3,(H,19,27). The molecule has 0 bridgehead atoms. The van der Waals surface area contributed by atoms with Gasteiger partial charge in [0.1, 0.15) is 5.69 Å². The van der Waals surface area contributed by atoms with Crippen molar-refractivity contribution in [3.8, 4) is 0 Å². The SMILES string of the molecule is CCOC(=O)CCNC(=S)N1CCCN1C(=O)c1cc(C(C)(C)C)nn1C. The van der Waals surface area contributed by atoms with Gasteiger partial charge in [-0.25, -0.2) is 5.01 Å². The Morgan fingerprint density at radius 1 is 1.30 bits per heavy atom. The van der Waals surface area contributed by atoms with Crippen LogP contribution in [0.3, 0.4) is 0 Å². The quantitative estimate of drug-likeness (QED) is 0.599. The first-order chi connectivity index (χ1) is 12.6. The Morgan fingerprint density at radius 3 is 2.56 bits per heavy atom. The molecule has 1 aliphatic heterocycles. The van der Waals surface area contributed by atoms with E-state index in [4.69, 9.17) is 17.0 Å². The smallest absolute Gasteiger partial charge is 0.307 e. The van der Waals surface area contributed by atoms with Crippen molar-refractivity contribution < 1.29 is 14.3 Å². The van der Waals surface area contributed by atoms with Crippen molar-refractivity contribution in [2.75, 3.05) is 26.2 Å². The molecule has 1 aromatic heterocycles. The average molecular weight is 396 g/mol. The highest BCUT2D eigenvalue weighted by atomic mass is 32.1. The lowest BCUT2D eigenvalue weighted by molar-refractivity contribution is -0.142. The molecule has 0 aromatic carbocycles. The number of nitrogens with one attached hydrogen (secondary N) is 1. The van der Waals surface area contributed by atoms with E-state index in [2.05, 4.69) is 31.2 Å². The lowest BCUT2D eigenvalue weighted by atomic mass is 9.92. The summed E-state index contributed by atoms with van der Waals surface area (Å²) < 4.78 is 6.52. The summed E-state index contributed by atoms with van der Waals surface area (Å²) in [5.41, 5.74) is 1.26. The van der Waals surface area contributed by atoms with Crippen LogP contribution in [0.15, 0.2) is 6.07 Å². The van der Waals surface area contributed by atoms with E-state index in [0.717, 1.165) is 12.1 Å². The van der Waals surface area contributed by atoms with E-state index >= 15 is 0 Å². The second-order valence-corrected chi connectivity index (χ2v) is 7.87. The highest BCUT2D eigenvalue weighted by molar-refractivity contribution is 7.80. The molecule has 0 atom stereocenters. The first-order valence-corrected chi connectivity index (χ1v) is 9.63. The van der Waals surface area contributed by atoms with Crippen LogP contribution in [-0.4, -0.2) is 63.0 Å². The topological polar surface area (TPSA) is 79.7 Å². The third-order valence-corrected chi connectivity index (χ3v) is 4.63. The van der Waals surface area contributed by atoms with E-state index in [9.17, 15) is 9.59 Å². The Labute approximate surface area is 165 Å². The number of ether oxygens (including phenoxy) is 1. The van der Waals surface area contributed by atoms with Gasteiger partial charge in [-0.2, -0.15) is 5.10 Å². The van der Waals surface area contributed by atoms with E-state index in [1.807, 2.05) is 6.07 Å². The van der Waals surface area contributed by atoms with Crippen LogP contribution in [-0.2, 0) is 22.0 Å². The van der Waals surface area contributed by atoms with Crippen LogP contribution >= 0.6 is 12.2 Å². The van der Waals surface area contributed by atoms with E-state index in [-0.39, 0.29) is 23.7 Å². The van der Waals surface area contributed by atoms with Gasteiger partial charge in [0, 0.05) is 32.1 Å². The van der Waals surface area contributed by atoms with Gasteiger partial charge in [0.2, 0.25) is 0 Å². The predicted molar refractivity (Wildman–Crippen MR) is 106 cm³/mol. The number of aryl methyl sites for hydroxylation is 1. The number of esters is 1. The third kappa shape index (κ3) is 5.18. The highest BCUT2D eigenvalue weighted by Gasteiger charge is 2.32. The Hall–Kier alpha value is -2.16. The molecule has 150 valence electrons. The predicted octanol–water partition coefficient (Wildman–Crippen LogP) is 1.61. The summed E-state index contributed by atoms with van der Waals surface area (Å²) in [7, 11) is 1.78. The molecule has 9 heteroatoms. The van der Waals surface area contributed by atoms with Gasteiger partial charge in [-0.3, -0.25) is 19.3 Å². The summed E-state index contributed by atoms with van der Waals surface area (Å²) in [6.45, 7) is 9.94. The van der Waals surface area contributed by atoms with Crippen molar-refractivity contribution in [1.82, 2.24) is 25.1 Å². The number of hydrazine groups is 1. The molecule has 0 spiro atoms. The second kappa shape index (κ2) is 8.69. The molecule has 1 amide bonds. The number of rotatable bonds is 5. The van der Waals surface area contributed by atoms with Crippen LogP contribution in [0.4, 0.5) is 0 Å². The third-order valence-electron chi connectivity index (χ3n) is 4.28. The monoisotopic (exact) mass is 395 g/mol. The minimum absolute atomic E-state index is 0.132. The number of nitrogens with zero attached hydrogens (tertiary/aromatic N) is 4. The van der Waals surface area contributed by atoms with Crippen molar-refractivity contribution >= 4 is 29.2 Å². The van der Waals surface area contributed by atoms with Gasteiger partial charge < -0.3 is 10.1 Å². The Kier molecular flexibility index (Phi) is 6.80. The summed E-state index contributed by atoms with van der Waals surface area (Å²) in [6, 6.07) is 1.84. The van der Waals surface area contributed by atoms with Crippen LogP contribution in [0.5, 0.6) is 0 Å². The number of aromatic nitrogens is 2. The highest BCUT2D eigenvalue weighted by Crippen LogP contribution is 2.23. The molecule has 1 saturated heterocycles.